The van der Waals surface area contributed by atoms with Gasteiger partial charge in [-0.05, 0) is 34.2 Å². The standard InChI is InChI=1S/C24H21N7O3/c1-31-23(27-29-30-31)22(16-8-3-2-4-9-16)28-33-15-18-11-7-13-21(25-18)26-24(32)20-14-17-10-5-6-12-19(17)34-20/h2-13,20H,14-15H2,1H3,(H,25,26,32). The number of benzene rings is 2. The van der Waals surface area contributed by atoms with Gasteiger partial charge in [-0.25, -0.2) is 9.67 Å². The summed E-state index contributed by atoms with van der Waals surface area (Å²) in [6.45, 7) is 0.0939. The minimum Gasteiger partial charge on any atom is -0.480 e. The van der Waals surface area contributed by atoms with Crippen LogP contribution >= 0.6 is 0 Å². The van der Waals surface area contributed by atoms with Gasteiger partial charge in [0.25, 0.3) is 5.91 Å². The third kappa shape index (κ3) is 4.60. The molecule has 0 radical (unpaired) electrons. The first kappa shape index (κ1) is 21.3. The van der Waals surface area contributed by atoms with Crippen molar-refractivity contribution >= 4 is 17.4 Å². The topological polar surface area (TPSA) is 116 Å². The fourth-order valence-corrected chi connectivity index (χ4v) is 3.58. The van der Waals surface area contributed by atoms with Gasteiger partial charge in [-0.3, -0.25) is 4.79 Å². The molecule has 10 nitrogen and oxygen atoms in total. The highest BCUT2D eigenvalue weighted by Crippen LogP contribution is 2.28. The van der Waals surface area contributed by atoms with Crippen molar-refractivity contribution in [1.82, 2.24) is 25.2 Å². The van der Waals surface area contributed by atoms with Gasteiger partial charge < -0.3 is 14.9 Å². The van der Waals surface area contributed by atoms with Crippen LogP contribution in [0.4, 0.5) is 5.82 Å². The van der Waals surface area contributed by atoms with E-state index in [1.54, 1.807) is 25.2 Å². The molecule has 0 fully saturated rings. The van der Waals surface area contributed by atoms with Gasteiger partial charge in [0, 0.05) is 19.0 Å². The van der Waals surface area contributed by atoms with Gasteiger partial charge in [0.2, 0.25) is 5.82 Å². The van der Waals surface area contributed by atoms with Crippen molar-refractivity contribution in [2.75, 3.05) is 5.32 Å². The van der Waals surface area contributed by atoms with Crippen molar-refractivity contribution in [3.8, 4) is 5.75 Å². The van der Waals surface area contributed by atoms with Gasteiger partial charge in [-0.2, -0.15) is 0 Å². The van der Waals surface area contributed by atoms with Gasteiger partial charge in [-0.15, -0.1) is 5.10 Å². The minimum atomic E-state index is -0.586. The van der Waals surface area contributed by atoms with E-state index in [9.17, 15) is 4.79 Å². The number of aromatic nitrogens is 5. The van der Waals surface area contributed by atoms with Gasteiger partial charge in [0.15, 0.2) is 18.4 Å². The van der Waals surface area contributed by atoms with Crippen molar-refractivity contribution in [2.45, 2.75) is 19.1 Å². The number of aryl methyl sites for hydroxylation is 1. The predicted molar refractivity (Wildman–Crippen MR) is 123 cm³/mol. The molecule has 5 rings (SSSR count). The Morgan fingerprint density at radius 1 is 1.12 bits per heavy atom. The first-order valence-corrected chi connectivity index (χ1v) is 10.7. The Kier molecular flexibility index (Phi) is 5.93. The molecule has 1 amide bonds. The molecule has 10 heteroatoms. The zero-order valence-corrected chi connectivity index (χ0v) is 18.3. The first-order chi connectivity index (χ1) is 16.7. The van der Waals surface area contributed by atoms with Crippen LogP contribution in [0, 0.1) is 0 Å². The molecule has 0 saturated heterocycles. The van der Waals surface area contributed by atoms with Crippen molar-refractivity contribution in [3.63, 3.8) is 0 Å². The molecule has 0 aliphatic carbocycles. The number of hydrogen-bond donors (Lipinski definition) is 1. The molecule has 4 aromatic rings. The van der Waals surface area contributed by atoms with E-state index in [-0.39, 0.29) is 12.5 Å². The van der Waals surface area contributed by atoms with Crippen LogP contribution in [-0.2, 0) is 29.7 Å². The zero-order valence-electron chi connectivity index (χ0n) is 18.3. The number of pyridine rings is 1. The Morgan fingerprint density at radius 3 is 2.74 bits per heavy atom. The number of amides is 1. The molecular weight excluding hydrogens is 434 g/mol. The summed E-state index contributed by atoms with van der Waals surface area (Å²) in [7, 11) is 1.73. The van der Waals surface area contributed by atoms with Crippen LogP contribution in [0.1, 0.15) is 22.6 Å². The number of carbonyl (C=O) groups is 1. The Morgan fingerprint density at radius 2 is 1.94 bits per heavy atom. The zero-order chi connectivity index (χ0) is 23.3. The van der Waals surface area contributed by atoms with Crippen molar-refractivity contribution < 1.29 is 14.4 Å². The highest BCUT2D eigenvalue weighted by molar-refractivity contribution is 6.10. The summed E-state index contributed by atoms with van der Waals surface area (Å²) in [4.78, 5) is 22.7. The lowest BCUT2D eigenvalue weighted by Gasteiger charge is -2.11. The number of hydrogen-bond acceptors (Lipinski definition) is 8. The normalized spacial score (nSPS) is 14.9. The summed E-state index contributed by atoms with van der Waals surface area (Å²) >= 11 is 0. The van der Waals surface area contributed by atoms with Gasteiger partial charge >= 0.3 is 0 Å². The van der Waals surface area contributed by atoms with Gasteiger partial charge in [0.05, 0.1) is 5.69 Å². The summed E-state index contributed by atoms with van der Waals surface area (Å²) in [5, 5.41) is 18.7. The maximum Gasteiger partial charge on any atom is 0.266 e. The highest BCUT2D eigenvalue weighted by Gasteiger charge is 2.29. The number of tetrazole rings is 1. The summed E-state index contributed by atoms with van der Waals surface area (Å²) in [5.74, 6) is 1.37. The Balaban J connectivity index is 1.25. The lowest BCUT2D eigenvalue weighted by molar-refractivity contribution is -0.122. The maximum absolute atomic E-state index is 12.7. The highest BCUT2D eigenvalue weighted by atomic mass is 16.6. The maximum atomic E-state index is 12.7. The number of carbonyl (C=O) groups excluding carboxylic acids is 1. The summed E-state index contributed by atoms with van der Waals surface area (Å²) < 4.78 is 7.27. The second kappa shape index (κ2) is 9.49. The molecule has 1 atom stereocenters. The molecule has 1 aliphatic rings. The lowest BCUT2D eigenvalue weighted by Crippen LogP contribution is -2.31. The molecule has 170 valence electrons. The van der Waals surface area contributed by atoms with Crippen molar-refractivity contribution in [2.24, 2.45) is 12.2 Å². The van der Waals surface area contributed by atoms with Crippen molar-refractivity contribution in [1.29, 1.82) is 0 Å². The molecule has 1 unspecified atom stereocenters. The van der Waals surface area contributed by atoms with Gasteiger partial charge in [0.1, 0.15) is 11.6 Å². The Hall–Kier alpha value is -4.60. The number of nitrogens with one attached hydrogen (secondary N) is 1. The molecule has 34 heavy (non-hydrogen) atoms. The second-order valence-corrected chi connectivity index (χ2v) is 7.63. The Bertz CT molecular complexity index is 1310. The molecular formula is C24H21N7O3. The minimum absolute atomic E-state index is 0.0939. The molecule has 1 aliphatic heterocycles. The third-order valence-electron chi connectivity index (χ3n) is 5.25. The number of nitrogens with zero attached hydrogens (tertiary/aromatic N) is 6. The number of fused-ring (bicyclic) bond motifs is 1. The predicted octanol–water partition coefficient (Wildman–Crippen LogP) is 2.52. The SMILES string of the molecule is Cn1nnnc1C(=NOCc1cccc(NC(=O)C2Cc3ccccc3O2)n1)c1ccccc1. The lowest BCUT2D eigenvalue weighted by atomic mass is 10.1. The second-order valence-electron chi connectivity index (χ2n) is 7.63. The van der Waals surface area contributed by atoms with E-state index in [1.165, 1.54) is 4.68 Å². The third-order valence-corrected chi connectivity index (χ3v) is 5.25. The van der Waals surface area contributed by atoms with E-state index >= 15 is 0 Å². The molecule has 0 saturated carbocycles. The van der Waals surface area contributed by atoms with Crippen LogP contribution in [-0.4, -0.2) is 42.9 Å². The van der Waals surface area contributed by atoms with E-state index in [4.69, 9.17) is 9.57 Å². The quantitative estimate of drug-likeness (QED) is 0.336. The van der Waals surface area contributed by atoms with Crippen LogP contribution in [0.5, 0.6) is 5.75 Å². The van der Waals surface area contributed by atoms with Crippen LogP contribution in [0.3, 0.4) is 0 Å². The Labute approximate surface area is 195 Å². The molecule has 0 spiro atoms. The van der Waals surface area contributed by atoms with Crippen LogP contribution in [0.15, 0.2) is 78.0 Å². The molecule has 3 heterocycles. The van der Waals surface area contributed by atoms with E-state index in [1.807, 2.05) is 54.6 Å². The number of rotatable bonds is 7. The van der Waals surface area contributed by atoms with Gasteiger partial charge in [-0.1, -0.05) is 59.8 Å². The fourth-order valence-electron chi connectivity index (χ4n) is 3.58. The number of para-hydroxylation sites is 1. The van der Waals surface area contributed by atoms with E-state index < -0.39 is 6.10 Å². The van der Waals surface area contributed by atoms with Crippen LogP contribution in [0.25, 0.3) is 0 Å². The number of anilines is 1. The smallest absolute Gasteiger partial charge is 0.266 e. The average Bonchev–Trinajstić information content (AvgIpc) is 3.49. The summed E-state index contributed by atoms with van der Waals surface area (Å²) in [6, 6.07) is 22.4. The van der Waals surface area contributed by atoms with Crippen LogP contribution < -0.4 is 10.1 Å². The largest absolute Gasteiger partial charge is 0.480 e. The fraction of sp³-hybridized carbons (Fsp3) is 0.167. The number of ether oxygens (including phenoxy) is 1. The average molecular weight is 455 g/mol. The molecule has 2 aromatic heterocycles. The van der Waals surface area contributed by atoms with E-state index in [0.29, 0.717) is 29.5 Å². The number of oxime groups is 1. The molecule has 0 bridgehead atoms. The van der Waals surface area contributed by atoms with Crippen LogP contribution in [0.2, 0.25) is 0 Å². The monoisotopic (exact) mass is 455 g/mol. The molecule has 2 aromatic carbocycles. The first-order valence-electron chi connectivity index (χ1n) is 10.7. The van der Waals surface area contributed by atoms with E-state index in [0.717, 1.165) is 16.9 Å². The summed E-state index contributed by atoms with van der Waals surface area (Å²) in [5.41, 5.74) is 2.92. The molecule has 1 N–H and O–H groups in total. The summed E-state index contributed by atoms with van der Waals surface area (Å²) in [6.07, 6.45) is -0.0595. The van der Waals surface area contributed by atoms with E-state index in [2.05, 4.69) is 31.0 Å². The van der Waals surface area contributed by atoms with Crippen molar-refractivity contribution in [3.05, 3.63) is 95.4 Å².